The van der Waals surface area contributed by atoms with E-state index in [2.05, 4.69) is 4.98 Å². The zero-order chi connectivity index (χ0) is 7.72. The van der Waals surface area contributed by atoms with Crippen LogP contribution in [0.3, 0.4) is 0 Å². The topological polar surface area (TPSA) is 55.1 Å². The molecule has 10 heavy (non-hydrogen) atoms. The second-order valence-electron chi connectivity index (χ2n) is 1.77. The summed E-state index contributed by atoms with van der Waals surface area (Å²) in [5.74, 6) is -1.13. The lowest BCUT2D eigenvalue weighted by Gasteiger charge is -1.93. The van der Waals surface area contributed by atoms with Crippen molar-refractivity contribution in [3.05, 3.63) is 17.2 Å². The first kappa shape index (κ1) is 7.08. The van der Waals surface area contributed by atoms with Crippen LogP contribution < -0.4 is 0 Å². The Hall–Kier alpha value is -1.03. The lowest BCUT2D eigenvalue weighted by atomic mass is 10.6. The summed E-state index contributed by atoms with van der Waals surface area (Å²) in [4.78, 5) is 13.8. The van der Waals surface area contributed by atoms with Gasteiger partial charge in [-0.3, -0.25) is 0 Å². The highest BCUT2D eigenvalue weighted by molar-refractivity contribution is 6.29. The second kappa shape index (κ2) is 2.30. The number of hydrogen-bond acceptors (Lipinski definition) is 2. The van der Waals surface area contributed by atoms with E-state index >= 15 is 0 Å². The molecular formula is C5H5ClN2O2. The van der Waals surface area contributed by atoms with Crippen molar-refractivity contribution < 1.29 is 9.90 Å². The Morgan fingerprint density at radius 2 is 2.50 bits per heavy atom. The van der Waals surface area contributed by atoms with Gasteiger partial charge in [0, 0.05) is 7.05 Å². The van der Waals surface area contributed by atoms with Crippen molar-refractivity contribution in [2.45, 2.75) is 0 Å². The molecule has 1 rings (SSSR count). The van der Waals surface area contributed by atoms with E-state index in [0.717, 1.165) is 0 Å². The average Bonchev–Trinajstić information content (AvgIpc) is 2.14. The van der Waals surface area contributed by atoms with Crippen molar-refractivity contribution in [1.82, 2.24) is 9.55 Å². The minimum absolute atomic E-state index is 0.0509. The first-order valence-corrected chi connectivity index (χ1v) is 2.91. The number of carboxylic acid groups (broad SMARTS) is 1. The molecule has 0 aromatic carbocycles. The lowest BCUT2D eigenvalue weighted by Crippen LogP contribution is -2.05. The van der Waals surface area contributed by atoms with Crippen LogP contribution in [0.5, 0.6) is 0 Å². The molecule has 0 bridgehead atoms. The Bertz CT molecular complexity index is 269. The van der Waals surface area contributed by atoms with Gasteiger partial charge in [0.15, 0.2) is 0 Å². The highest BCUT2D eigenvalue weighted by atomic mass is 35.5. The molecule has 0 unspecified atom stereocenters. The number of aromatic carboxylic acids is 1. The molecular weight excluding hydrogens is 156 g/mol. The van der Waals surface area contributed by atoms with Gasteiger partial charge in [0.25, 0.3) is 0 Å². The van der Waals surface area contributed by atoms with Gasteiger partial charge in [0.1, 0.15) is 5.15 Å². The zero-order valence-corrected chi connectivity index (χ0v) is 5.96. The number of carboxylic acids is 1. The van der Waals surface area contributed by atoms with Gasteiger partial charge in [0.05, 0.1) is 6.20 Å². The standard InChI is InChI=1S/C5H5ClN2O2/c1-8-3(6)2-7-4(8)5(9)10/h2H,1H3,(H,9,10). The number of imidazole rings is 1. The number of carbonyl (C=O) groups is 1. The molecule has 0 saturated heterocycles. The summed E-state index contributed by atoms with van der Waals surface area (Å²) in [7, 11) is 1.54. The summed E-state index contributed by atoms with van der Waals surface area (Å²) in [5.41, 5.74) is 0. The van der Waals surface area contributed by atoms with Gasteiger partial charge in [-0.15, -0.1) is 0 Å². The SMILES string of the molecule is Cn1c(Cl)cnc1C(=O)O. The average molecular weight is 161 g/mol. The van der Waals surface area contributed by atoms with E-state index in [0.29, 0.717) is 5.15 Å². The predicted molar refractivity (Wildman–Crippen MR) is 35.2 cm³/mol. The molecule has 1 aromatic heterocycles. The monoisotopic (exact) mass is 160 g/mol. The summed E-state index contributed by atoms with van der Waals surface area (Å²) in [6, 6.07) is 0. The highest BCUT2D eigenvalue weighted by Gasteiger charge is 2.10. The minimum atomic E-state index is -1.07. The van der Waals surface area contributed by atoms with Crippen LogP contribution >= 0.6 is 11.6 Å². The van der Waals surface area contributed by atoms with E-state index in [4.69, 9.17) is 16.7 Å². The first-order valence-electron chi connectivity index (χ1n) is 2.53. The largest absolute Gasteiger partial charge is 0.475 e. The Kier molecular flexibility index (Phi) is 1.63. The Balaban J connectivity index is 3.17. The molecule has 1 heterocycles. The molecule has 0 fully saturated rings. The molecule has 1 aromatic rings. The van der Waals surface area contributed by atoms with Crippen molar-refractivity contribution in [2.75, 3.05) is 0 Å². The van der Waals surface area contributed by atoms with Gasteiger partial charge in [-0.1, -0.05) is 11.6 Å². The van der Waals surface area contributed by atoms with Crippen LogP contribution in [-0.2, 0) is 7.05 Å². The summed E-state index contributed by atoms with van der Waals surface area (Å²) in [5, 5.41) is 8.75. The van der Waals surface area contributed by atoms with E-state index in [1.54, 1.807) is 7.05 Å². The van der Waals surface area contributed by atoms with Crippen molar-refractivity contribution in [3.63, 3.8) is 0 Å². The fraction of sp³-hybridized carbons (Fsp3) is 0.200. The molecule has 1 N–H and O–H groups in total. The minimum Gasteiger partial charge on any atom is -0.475 e. The van der Waals surface area contributed by atoms with Gasteiger partial charge < -0.3 is 9.67 Å². The Morgan fingerprint density at radius 1 is 1.90 bits per heavy atom. The molecule has 0 radical (unpaired) electrons. The number of rotatable bonds is 1. The molecule has 54 valence electrons. The molecule has 0 atom stereocenters. The maximum absolute atomic E-state index is 10.3. The quantitative estimate of drug-likeness (QED) is 0.660. The van der Waals surface area contributed by atoms with Crippen LogP contribution in [0, 0.1) is 0 Å². The van der Waals surface area contributed by atoms with Crippen molar-refractivity contribution >= 4 is 17.6 Å². The molecule has 0 amide bonds. The molecule has 5 heteroatoms. The lowest BCUT2D eigenvalue weighted by molar-refractivity contribution is 0.0680. The number of hydrogen-bond donors (Lipinski definition) is 1. The van der Waals surface area contributed by atoms with Crippen molar-refractivity contribution in [3.8, 4) is 0 Å². The van der Waals surface area contributed by atoms with Gasteiger partial charge in [-0.05, 0) is 0 Å². The van der Waals surface area contributed by atoms with Gasteiger partial charge in [-0.2, -0.15) is 0 Å². The molecule has 0 spiro atoms. The second-order valence-corrected chi connectivity index (χ2v) is 2.16. The first-order chi connectivity index (χ1) is 4.63. The fourth-order valence-corrected chi connectivity index (χ4v) is 0.716. The van der Waals surface area contributed by atoms with Crippen molar-refractivity contribution in [1.29, 1.82) is 0 Å². The van der Waals surface area contributed by atoms with Crippen molar-refractivity contribution in [2.24, 2.45) is 7.05 Å². The number of nitrogens with zero attached hydrogens (tertiary/aromatic N) is 2. The summed E-state index contributed by atoms with van der Waals surface area (Å²) >= 11 is 5.51. The van der Waals surface area contributed by atoms with Crippen LogP contribution in [0.2, 0.25) is 5.15 Å². The van der Waals surface area contributed by atoms with Crippen LogP contribution in [-0.4, -0.2) is 20.6 Å². The fourth-order valence-electron chi connectivity index (χ4n) is 0.587. The third-order valence-corrected chi connectivity index (χ3v) is 1.47. The molecule has 0 saturated carbocycles. The maximum Gasteiger partial charge on any atom is 0.372 e. The van der Waals surface area contributed by atoms with Crippen LogP contribution in [0.1, 0.15) is 10.6 Å². The third-order valence-electron chi connectivity index (χ3n) is 1.12. The summed E-state index contributed by atoms with van der Waals surface area (Å²) in [6.07, 6.45) is 1.30. The Morgan fingerprint density at radius 3 is 2.70 bits per heavy atom. The van der Waals surface area contributed by atoms with Crippen LogP contribution in [0.15, 0.2) is 6.20 Å². The molecule has 0 aliphatic rings. The van der Waals surface area contributed by atoms with Gasteiger partial charge in [-0.25, -0.2) is 9.78 Å². The van der Waals surface area contributed by atoms with Gasteiger partial charge >= 0.3 is 5.97 Å². The van der Waals surface area contributed by atoms with E-state index in [9.17, 15) is 4.79 Å². The number of halogens is 1. The summed E-state index contributed by atoms with van der Waals surface area (Å²) in [6.45, 7) is 0. The van der Waals surface area contributed by atoms with E-state index in [1.807, 2.05) is 0 Å². The predicted octanol–water partition coefficient (Wildman–Crippen LogP) is 0.772. The Labute approximate surface area is 62.1 Å². The smallest absolute Gasteiger partial charge is 0.372 e. The van der Waals surface area contributed by atoms with Gasteiger partial charge in [0.2, 0.25) is 5.82 Å². The maximum atomic E-state index is 10.3. The van der Waals surface area contributed by atoms with Crippen LogP contribution in [0.25, 0.3) is 0 Å². The van der Waals surface area contributed by atoms with E-state index in [1.165, 1.54) is 10.8 Å². The molecule has 4 nitrogen and oxygen atoms in total. The normalized spacial score (nSPS) is 9.80. The third kappa shape index (κ3) is 0.974. The van der Waals surface area contributed by atoms with E-state index in [-0.39, 0.29) is 5.82 Å². The summed E-state index contributed by atoms with van der Waals surface area (Å²) < 4.78 is 1.30. The zero-order valence-electron chi connectivity index (χ0n) is 5.21. The number of aromatic nitrogens is 2. The molecule has 0 aliphatic heterocycles. The highest BCUT2D eigenvalue weighted by Crippen LogP contribution is 2.08. The molecule has 0 aliphatic carbocycles. The van der Waals surface area contributed by atoms with E-state index < -0.39 is 5.97 Å². The van der Waals surface area contributed by atoms with Crippen LogP contribution in [0.4, 0.5) is 0 Å².